The molecule has 1 N–H and O–H groups in total. The average Bonchev–Trinajstić information content (AvgIpc) is 2.59. The molecular weight excluding hydrogens is 372 g/mol. The van der Waals surface area contributed by atoms with E-state index in [1.54, 1.807) is 19.1 Å². The third-order valence-electron chi connectivity index (χ3n) is 3.79. The maximum atomic E-state index is 12.3. The molecule has 0 aromatic heterocycles. The number of sulfonamides is 1. The van der Waals surface area contributed by atoms with Gasteiger partial charge in [-0.2, -0.15) is 0 Å². The SMILES string of the molecule is Cc1ccc(S(=O)(=O)NCCC(=O)OCc2ccc([N+](=O)[O-])cc2)c(C)c1. The molecule has 2 aromatic rings. The van der Waals surface area contributed by atoms with Crippen molar-refractivity contribution in [2.75, 3.05) is 6.54 Å². The molecule has 0 bridgehead atoms. The van der Waals surface area contributed by atoms with E-state index in [0.717, 1.165) is 5.56 Å². The van der Waals surface area contributed by atoms with E-state index >= 15 is 0 Å². The summed E-state index contributed by atoms with van der Waals surface area (Å²) in [7, 11) is -3.71. The van der Waals surface area contributed by atoms with Gasteiger partial charge in [-0.05, 0) is 43.2 Å². The van der Waals surface area contributed by atoms with Crippen LogP contribution >= 0.6 is 0 Å². The van der Waals surface area contributed by atoms with Gasteiger partial charge in [0.05, 0.1) is 16.2 Å². The van der Waals surface area contributed by atoms with Crippen LogP contribution in [0.25, 0.3) is 0 Å². The van der Waals surface area contributed by atoms with Crippen molar-refractivity contribution < 1.29 is 22.9 Å². The smallest absolute Gasteiger partial charge is 0.307 e. The second-order valence-electron chi connectivity index (χ2n) is 6.00. The van der Waals surface area contributed by atoms with Gasteiger partial charge < -0.3 is 4.74 Å². The zero-order valence-electron chi connectivity index (χ0n) is 15.0. The van der Waals surface area contributed by atoms with Gasteiger partial charge in [0.1, 0.15) is 6.61 Å². The zero-order chi connectivity index (χ0) is 20.0. The first-order valence-electron chi connectivity index (χ1n) is 8.15. The number of nitrogens with one attached hydrogen (secondary N) is 1. The monoisotopic (exact) mass is 392 g/mol. The first-order valence-corrected chi connectivity index (χ1v) is 9.63. The van der Waals surface area contributed by atoms with Gasteiger partial charge in [0.15, 0.2) is 0 Å². The number of hydrogen-bond acceptors (Lipinski definition) is 6. The topological polar surface area (TPSA) is 116 Å². The number of aryl methyl sites for hydroxylation is 2. The maximum Gasteiger partial charge on any atom is 0.307 e. The second-order valence-corrected chi connectivity index (χ2v) is 7.74. The van der Waals surface area contributed by atoms with Crippen molar-refractivity contribution in [3.05, 3.63) is 69.3 Å². The van der Waals surface area contributed by atoms with Crippen molar-refractivity contribution in [3.63, 3.8) is 0 Å². The number of nitro groups is 1. The Morgan fingerprint density at radius 1 is 1.15 bits per heavy atom. The quantitative estimate of drug-likeness (QED) is 0.419. The van der Waals surface area contributed by atoms with Crippen molar-refractivity contribution in [3.8, 4) is 0 Å². The highest BCUT2D eigenvalue weighted by Crippen LogP contribution is 2.16. The number of carbonyl (C=O) groups excluding carboxylic acids is 1. The Morgan fingerprint density at radius 2 is 1.81 bits per heavy atom. The molecule has 0 saturated heterocycles. The molecule has 2 aromatic carbocycles. The second kappa shape index (κ2) is 8.74. The fourth-order valence-corrected chi connectivity index (χ4v) is 3.67. The lowest BCUT2D eigenvalue weighted by Crippen LogP contribution is -2.27. The Bertz CT molecular complexity index is 939. The van der Waals surface area contributed by atoms with Crippen molar-refractivity contribution >= 4 is 21.7 Å². The van der Waals surface area contributed by atoms with Gasteiger partial charge in [-0.3, -0.25) is 14.9 Å². The molecule has 2 rings (SSSR count). The number of carbonyl (C=O) groups is 1. The standard InChI is InChI=1S/C18H20N2O6S/c1-13-3-8-17(14(2)11-13)27(24,25)19-10-9-18(21)26-12-15-4-6-16(7-5-15)20(22)23/h3-8,11,19H,9-10,12H2,1-2H3. The molecule has 27 heavy (non-hydrogen) atoms. The van der Waals surface area contributed by atoms with E-state index in [0.29, 0.717) is 11.1 Å². The van der Waals surface area contributed by atoms with Crippen molar-refractivity contribution in [2.24, 2.45) is 0 Å². The largest absolute Gasteiger partial charge is 0.461 e. The third kappa shape index (κ3) is 5.87. The Kier molecular flexibility index (Phi) is 6.65. The molecule has 0 aliphatic rings. The van der Waals surface area contributed by atoms with Gasteiger partial charge in [-0.1, -0.05) is 17.7 Å². The lowest BCUT2D eigenvalue weighted by Gasteiger charge is -2.10. The van der Waals surface area contributed by atoms with Crippen LogP contribution in [0.3, 0.4) is 0 Å². The third-order valence-corrected chi connectivity index (χ3v) is 5.41. The number of benzene rings is 2. The van der Waals surface area contributed by atoms with E-state index in [1.165, 1.54) is 30.3 Å². The number of rotatable bonds is 8. The predicted molar refractivity (Wildman–Crippen MR) is 98.6 cm³/mol. The summed E-state index contributed by atoms with van der Waals surface area (Å²) in [6, 6.07) is 10.6. The van der Waals surface area contributed by atoms with Gasteiger partial charge in [0, 0.05) is 18.7 Å². The molecule has 0 heterocycles. The van der Waals surface area contributed by atoms with Crippen LogP contribution in [-0.2, 0) is 26.2 Å². The van der Waals surface area contributed by atoms with Crippen LogP contribution < -0.4 is 4.72 Å². The van der Waals surface area contributed by atoms with Gasteiger partial charge in [0.2, 0.25) is 10.0 Å². The number of non-ortho nitro benzene ring substituents is 1. The van der Waals surface area contributed by atoms with Gasteiger partial charge in [-0.25, -0.2) is 13.1 Å². The lowest BCUT2D eigenvalue weighted by atomic mass is 10.2. The highest BCUT2D eigenvalue weighted by molar-refractivity contribution is 7.89. The number of hydrogen-bond donors (Lipinski definition) is 1. The van der Waals surface area contributed by atoms with Crippen LogP contribution in [0.15, 0.2) is 47.4 Å². The van der Waals surface area contributed by atoms with Crippen LogP contribution in [0.4, 0.5) is 5.69 Å². The molecule has 144 valence electrons. The van der Waals surface area contributed by atoms with E-state index in [-0.39, 0.29) is 30.2 Å². The number of esters is 1. The van der Waals surface area contributed by atoms with Crippen LogP contribution in [0.2, 0.25) is 0 Å². The summed E-state index contributed by atoms with van der Waals surface area (Å²) in [5, 5.41) is 10.6. The van der Waals surface area contributed by atoms with E-state index in [2.05, 4.69) is 4.72 Å². The average molecular weight is 392 g/mol. The molecule has 0 spiro atoms. The maximum absolute atomic E-state index is 12.3. The molecule has 0 atom stereocenters. The molecule has 0 unspecified atom stereocenters. The first kappa shape index (κ1) is 20.5. The Labute approximate surface area is 157 Å². The minimum atomic E-state index is -3.71. The first-order chi connectivity index (χ1) is 12.7. The van der Waals surface area contributed by atoms with Gasteiger partial charge in [0.25, 0.3) is 5.69 Å². The highest BCUT2D eigenvalue weighted by atomic mass is 32.2. The van der Waals surface area contributed by atoms with Crippen LogP contribution in [0.1, 0.15) is 23.1 Å². The molecular formula is C18H20N2O6S. The summed E-state index contributed by atoms with van der Waals surface area (Å²) >= 11 is 0. The van der Waals surface area contributed by atoms with Crippen LogP contribution in [0, 0.1) is 24.0 Å². The number of ether oxygens (including phenoxy) is 1. The van der Waals surface area contributed by atoms with Gasteiger partial charge >= 0.3 is 5.97 Å². The summed E-state index contributed by atoms with van der Waals surface area (Å²) < 4.78 is 32.0. The van der Waals surface area contributed by atoms with Gasteiger partial charge in [-0.15, -0.1) is 0 Å². The summed E-state index contributed by atoms with van der Waals surface area (Å²) in [5.74, 6) is -0.573. The van der Waals surface area contributed by atoms with Crippen LogP contribution in [-0.4, -0.2) is 25.9 Å². The normalized spacial score (nSPS) is 11.2. The van der Waals surface area contributed by atoms with E-state index in [1.807, 2.05) is 6.92 Å². The summed E-state index contributed by atoms with van der Waals surface area (Å²) in [6.45, 7) is 3.45. The molecule has 0 fully saturated rings. The summed E-state index contributed by atoms with van der Waals surface area (Å²) in [5.41, 5.74) is 2.14. The van der Waals surface area contributed by atoms with E-state index < -0.39 is 20.9 Å². The highest BCUT2D eigenvalue weighted by Gasteiger charge is 2.17. The molecule has 0 amide bonds. The molecule has 8 nitrogen and oxygen atoms in total. The summed E-state index contributed by atoms with van der Waals surface area (Å²) in [4.78, 5) is 22.0. The molecule has 0 saturated carbocycles. The fourth-order valence-electron chi connectivity index (χ4n) is 2.42. The molecule has 0 aliphatic heterocycles. The molecule has 0 radical (unpaired) electrons. The molecule has 0 aliphatic carbocycles. The predicted octanol–water partition coefficient (Wildman–Crippen LogP) is 2.62. The molecule has 9 heteroatoms. The van der Waals surface area contributed by atoms with E-state index in [9.17, 15) is 23.3 Å². The Balaban J connectivity index is 1.82. The minimum absolute atomic E-state index is 0.0410. The summed E-state index contributed by atoms with van der Waals surface area (Å²) in [6.07, 6.45) is -0.128. The Hall–Kier alpha value is -2.78. The Morgan fingerprint density at radius 3 is 2.41 bits per heavy atom. The van der Waals surface area contributed by atoms with Crippen molar-refractivity contribution in [2.45, 2.75) is 31.8 Å². The van der Waals surface area contributed by atoms with Crippen molar-refractivity contribution in [1.82, 2.24) is 4.72 Å². The van der Waals surface area contributed by atoms with E-state index in [4.69, 9.17) is 4.74 Å². The number of nitro benzene ring substituents is 1. The zero-order valence-corrected chi connectivity index (χ0v) is 15.8. The fraction of sp³-hybridized carbons (Fsp3) is 0.278. The van der Waals surface area contributed by atoms with Crippen LogP contribution in [0.5, 0.6) is 0 Å². The minimum Gasteiger partial charge on any atom is -0.461 e. The van der Waals surface area contributed by atoms with Crippen molar-refractivity contribution in [1.29, 1.82) is 0 Å². The lowest BCUT2D eigenvalue weighted by molar-refractivity contribution is -0.384. The number of nitrogens with zero attached hydrogens (tertiary/aromatic N) is 1.